The molecular weight excluding hydrogens is 314 g/mol. The normalized spacial score (nSPS) is 19.0. The molecule has 0 unspecified atom stereocenters. The van der Waals surface area contributed by atoms with Gasteiger partial charge in [-0.1, -0.05) is 20.8 Å². The second-order valence-corrected chi connectivity index (χ2v) is 9.19. The van der Waals surface area contributed by atoms with E-state index in [1.54, 1.807) is 18.8 Å². The largest absolute Gasteiger partial charge is 0.481 e. The Labute approximate surface area is 139 Å². The summed E-state index contributed by atoms with van der Waals surface area (Å²) in [4.78, 5) is 0. The first-order valence-electron chi connectivity index (χ1n) is 8.27. The Morgan fingerprint density at radius 2 is 1.96 bits per heavy atom. The molecule has 1 heterocycles. The van der Waals surface area contributed by atoms with Gasteiger partial charge in [-0.05, 0) is 37.5 Å². The van der Waals surface area contributed by atoms with Gasteiger partial charge in [0.25, 0.3) is 0 Å². The Bertz CT molecular complexity index is 640. The maximum atomic E-state index is 12.6. The van der Waals surface area contributed by atoms with Crippen LogP contribution in [0.15, 0.2) is 0 Å². The molecule has 0 amide bonds. The predicted molar refractivity (Wildman–Crippen MR) is 90.9 cm³/mol. The van der Waals surface area contributed by atoms with E-state index in [1.165, 1.54) is 0 Å². The van der Waals surface area contributed by atoms with E-state index in [9.17, 15) is 8.42 Å². The zero-order valence-corrected chi connectivity index (χ0v) is 15.7. The molecule has 0 bridgehead atoms. The summed E-state index contributed by atoms with van der Waals surface area (Å²) >= 11 is 0. The molecule has 132 valence electrons. The molecule has 0 atom stereocenters. The summed E-state index contributed by atoms with van der Waals surface area (Å²) in [6.07, 6.45) is 4.11. The van der Waals surface area contributed by atoms with Gasteiger partial charge in [0, 0.05) is 13.6 Å². The molecule has 1 fully saturated rings. The molecular formula is C16H29N3O3S. The number of methoxy groups -OCH3 is 1. The Hall–Kier alpha value is -1.08. The number of hydrogen-bond acceptors (Lipinski definition) is 4. The fourth-order valence-corrected chi connectivity index (χ4v) is 4.73. The fraction of sp³-hybridized carbons (Fsp3) is 0.812. The fourth-order valence-electron chi connectivity index (χ4n) is 3.30. The van der Waals surface area contributed by atoms with Gasteiger partial charge in [0.1, 0.15) is 0 Å². The number of rotatable bonds is 6. The van der Waals surface area contributed by atoms with E-state index in [0.717, 1.165) is 43.4 Å². The standard InChI is InChI=1S/C16H29N3O3S/c1-6-14-13(15(22-5)19(4)18-14)11-17-23(20,21)12-7-9-16(2,3)10-8-12/h12,17H,6-11H2,1-5H3. The highest BCUT2D eigenvalue weighted by Crippen LogP contribution is 2.37. The highest BCUT2D eigenvalue weighted by molar-refractivity contribution is 7.90. The van der Waals surface area contributed by atoms with Crippen LogP contribution in [0, 0.1) is 5.41 Å². The monoisotopic (exact) mass is 343 g/mol. The zero-order chi connectivity index (χ0) is 17.3. The smallest absolute Gasteiger partial charge is 0.216 e. The number of sulfonamides is 1. The van der Waals surface area contributed by atoms with Gasteiger partial charge in [0.05, 0.1) is 23.6 Å². The maximum Gasteiger partial charge on any atom is 0.216 e. The lowest BCUT2D eigenvalue weighted by Gasteiger charge is -2.33. The minimum atomic E-state index is -3.32. The van der Waals surface area contributed by atoms with Crippen LogP contribution < -0.4 is 9.46 Å². The highest BCUT2D eigenvalue weighted by Gasteiger charge is 2.34. The minimum Gasteiger partial charge on any atom is -0.481 e. The SMILES string of the molecule is CCc1nn(C)c(OC)c1CNS(=O)(=O)C1CCC(C)(C)CC1. The van der Waals surface area contributed by atoms with Crippen molar-refractivity contribution in [3.63, 3.8) is 0 Å². The van der Waals surface area contributed by atoms with Gasteiger partial charge in [0.15, 0.2) is 0 Å². The number of nitrogens with one attached hydrogen (secondary N) is 1. The molecule has 23 heavy (non-hydrogen) atoms. The second-order valence-electron chi connectivity index (χ2n) is 7.14. The van der Waals surface area contributed by atoms with Crippen LogP contribution in [0.25, 0.3) is 0 Å². The lowest BCUT2D eigenvalue weighted by molar-refractivity contribution is 0.245. The van der Waals surface area contributed by atoms with E-state index in [0.29, 0.717) is 5.88 Å². The van der Waals surface area contributed by atoms with Crippen molar-refractivity contribution < 1.29 is 13.2 Å². The Morgan fingerprint density at radius 1 is 1.35 bits per heavy atom. The zero-order valence-electron chi connectivity index (χ0n) is 14.8. The Morgan fingerprint density at radius 3 is 2.48 bits per heavy atom. The van der Waals surface area contributed by atoms with Gasteiger partial charge >= 0.3 is 0 Å². The lowest BCUT2D eigenvalue weighted by atomic mass is 9.77. The van der Waals surface area contributed by atoms with E-state index in [-0.39, 0.29) is 17.2 Å². The van der Waals surface area contributed by atoms with Gasteiger partial charge in [-0.25, -0.2) is 17.8 Å². The molecule has 0 aliphatic heterocycles. The van der Waals surface area contributed by atoms with Gasteiger partial charge in [-0.2, -0.15) is 5.10 Å². The number of hydrogen-bond donors (Lipinski definition) is 1. The van der Waals surface area contributed by atoms with E-state index >= 15 is 0 Å². The molecule has 1 aromatic heterocycles. The van der Waals surface area contributed by atoms with Crippen LogP contribution in [-0.2, 0) is 30.0 Å². The second kappa shape index (κ2) is 6.81. The van der Waals surface area contributed by atoms with Crippen LogP contribution in [-0.4, -0.2) is 30.6 Å². The van der Waals surface area contributed by atoms with Gasteiger partial charge in [-0.3, -0.25) is 0 Å². The molecule has 1 aliphatic carbocycles. The number of nitrogens with zero attached hydrogens (tertiary/aromatic N) is 2. The third-order valence-corrected chi connectivity index (χ3v) is 6.77. The Balaban J connectivity index is 2.08. The van der Waals surface area contributed by atoms with E-state index in [1.807, 2.05) is 6.92 Å². The van der Waals surface area contributed by atoms with Crippen molar-refractivity contribution in [1.29, 1.82) is 0 Å². The number of aryl methyl sites for hydroxylation is 2. The van der Waals surface area contributed by atoms with Crippen LogP contribution in [0.3, 0.4) is 0 Å². The summed E-state index contributed by atoms with van der Waals surface area (Å²) < 4.78 is 35.0. The van der Waals surface area contributed by atoms with Crippen molar-refractivity contribution in [2.75, 3.05) is 7.11 Å². The van der Waals surface area contributed by atoms with Crippen LogP contribution in [0.4, 0.5) is 0 Å². The van der Waals surface area contributed by atoms with Crippen LogP contribution in [0.1, 0.15) is 57.7 Å². The van der Waals surface area contributed by atoms with Crippen molar-refractivity contribution in [3.05, 3.63) is 11.3 Å². The molecule has 0 radical (unpaired) electrons. The van der Waals surface area contributed by atoms with E-state index in [2.05, 4.69) is 23.7 Å². The number of aromatic nitrogens is 2. The molecule has 1 saturated carbocycles. The predicted octanol–water partition coefficient (Wildman–Crippen LogP) is 2.38. The van der Waals surface area contributed by atoms with Crippen LogP contribution in [0.2, 0.25) is 0 Å². The first-order chi connectivity index (χ1) is 10.7. The highest BCUT2D eigenvalue weighted by atomic mass is 32.2. The molecule has 0 saturated heterocycles. The number of ether oxygens (including phenoxy) is 1. The first-order valence-corrected chi connectivity index (χ1v) is 9.82. The van der Waals surface area contributed by atoms with Crippen molar-refractivity contribution in [1.82, 2.24) is 14.5 Å². The lowest BCUT2D eigenvalue weighted by Crippen LogP contribution is -2.38. The molecule has 2 rings (SSSR count). The summed E-state index contributed by atoms with van der Waals surface area (Å²) in [6, 6.07) is 0. The topological polar surface area (TPSA) is 73.2 Å². The molecule has 1 aromatic rings. The van der Waals surface area contributed by atoms with Crippen molar-refractivity contribution >= 4 is 10.0 Å². The molecule has 7 heteroatoms. The summed E-state index contributed by atoms with van der Waals surface area (Å²) in [6.45, 7) is 6.65. The van der Waals surface area contributed by atoms with Crippen LogP contribution in [0.5, 0.6) is 5.88 Å². The molecule has 6 nitrogen and oxygen atoms in total. The minimum absolute atomic E-state index is 0.239. The maximum absolute atomic E-state index is 12.6. The summed E-state index contributed by atoms with van der Waals surface area (Å²) in [7, 11) is 0.0708. The van der Waals surface area contributed by atoms with E-state index < -0.39 is 10.0 Å². The third-order valence-electron chi connectivity index (χ3n) is 4.87. The first kappa shape index (κ1) is 18.3. The summed E-state index contributed by atoms with van der Waals surface area (Å²) in [5.74, 6) is 0.620. The molecule has 0 spiro atoms. The quantitative estimate of drug-likeness (QED) is 0.861. The van der Waals surface area contributed by atoms with Crippen LogP contribution >= 0.6 is 0 Å². The van der Waals surface area contributed by atoms with Gasteiger partial charge in [-0.15, -0.1) is 0 Å². The van der Waals surface area contributed by atoms with Gasteiger partial charge < -0.3 is 4.74 Å². The van der Waals surface area contributed by atoms with Gasteiger partial charge in [0.2, 0.25) is 15.9 Å². The van der Waals surface area contributed by atoms with E-state index in [4.69, 9.17) is 4.74 Å². The van der Waals surface area contributed by atoms with Crippen molar-refractivity contribution in [2.24, 2.45) is 12.5 Å². The molecule has 0 aromatic carbocycles. The average Bonchev–Trinajstić information content (AvgIpc) is 2.79. The summed E-state index contributed by atoms with van der Waals surface area (Å²) in [5.41, 5.74) is 1.96. The average molecular weight is 343 g/mol. The molecule has 1 aliphatic rings. The van der Waals surface area contributed by atoms with Crippen molar-refractivity contribution in [3.8, 4) is 5.88 Å². The Kier molecular flexibility index (Phi) is 5.41. The summed E-state index contributed by atoms with van der Waals surface area (Å²) in [5, 5.41) is 4.10. The third kappa shape index (κ3) is 4.07. The van der Waals surface area contributed by atoms with Crippen molar-refractivity contribution in [2.45, 2.75) is 64.7 Å². The molecule has 1 N–H and O–H groups in total.